The molecule has 5 nitrogen and oxygen atoms in total. The van der Waals surface area contributed by atoms with Gasteiger partial charge in [0.25, 0.3) is 0 Å². The molecule has 0 fully saturated rings. The van der Waals surface area contributed by atoms with Gasteiger partial charge in [0.15, 0.2) is 0 Å². The van der Waals surface area contributed by atoms with Crippen LogP contribution in [0.2, 0.25) is 0 Å². The second kappa shape index (κ2) is 9.34. The van der Waals surface area contributed by atoms with Crippen LogP contribution in [0.15, 0.2) is 48.8 Å². The molecule has 26 heavy (non-hydrogen) atoms. The lowest BCUT2D eigenvalue weighted by atomic mass is 10.0. The average molecular weight is 353 g/mol. The van der Waals surface area contributed by atoms with Crippen LogP contribution in [0.3, 0.4) is 0 Å². The van der Waals surface area contributed by atoms with Crippen LogP contribution in [-0.2, 0) is 11.3 Å². The number of aromatic nitrogens is 1. The van der Waals surface area contributed by atoms with Gasteiger partial charge in [-0.3, -0.25) is 14.7 Å². The highest BCUT2D eigenvalue weighted by Crippen LogP contribution is 2.22. The molecule has 2 heterocycles. The molecule has 0 unspecified atom stereocenters. The Hall–Kier alpha value is -2.40. The summed E-state index contributed by atoms with van der Waals surface area (Å²) >= 11 is 0. The summed E-state index contributed by atoms with van der Waals surface area (Å²) in [4.78, 5) is 19.0. The average Bonchev–Trinajstić information content (AvgIpc) is 2.87. The van der Waals surface area contributed by atoms with E-state index in [1.807, 2.05) is 36.5 Å². The van der Waals surface area contributed by atoms with Crippen molar-refractivity contribution >= 4 is 5.91 Å². The molecule has 5 heteroatoms. The van der Waals surface area contributed by atoms with E-state index in [0.717, 1.165) is 49.2 Å². The van der Waals surface area contributed by atoms with Gasteiger partial charge in [0, 0.05) is 31.0 Å². The largest absolute Gasteiger partial charge is 0.492 e. The molecule has 1 aliphatic heterocycles. The van der Waals surface area contributed by atoms with Gasteiger partial charge in [0.2, 0.25) is 5.91 Å². The first-order valence-corrected chi connectivity index (χ1v) is 9.38. The molecule has 138 valence electrons. The highest BCUT2D eigenvalue weighted by Gasteiger charge is 2.20. The van der Waals surface area contributed by atoms with Crippen LogP contribution in [-0.4, -0.2) is 35.5 Å². The number of carbonyl (C=O) groups is 1. The number of hydrogen-bond acceptors (Lipinski definition) is 4. The van der Waals surface area contributed by atoms with Gasteiger partial charge in [-0.25, -0.2) is 0 Å². The number of hydrogen-bond donors (Lipinski definition) is 1. The Labute approximate surface area is 155 Å². The fourth-order valence-corrected chi connectivity index (χ4v) is 3.27. The van der Waals surface area contributed by atoms with E-state index in [1.165, 1.54) is 0 Å². The van der Waals surface area contributed by atoms with Gasteiger partial charge in [-0.05, 0) is 24.1 Å². The number of rotatable bonds is 7. The number of pyridine rings is 1. The Bertz CT molecular complexity index is 705. The third kappa shape index (κ3) is 5.05. The number of nitrogens with one attached hydrogen (secondary N) is 1. The number of carbonyl (C=O) groups excluding carboxylic acids is 1. The maximum atomic E-state index is 12.7. The van der Waals surface area contributed by atoms with Crippen LogP contribution in [0.1, 0.15) is 43.4 Å². The van der Waals surface area contributed by atoms with Crippen molar-refractivity contribution in [2.75, 3.05) is 19.7 Å². The summed E-state index contributed by atoms with van der Waals surface area (Å²) in [5.74, 6) is 0.973. The number of fused-ring (bicyclic) bond motifs is 1. The van der Waals surface area contributed by atoms with E-state index in [-0.39, 0.29) is 11.9 Å². The lowest BCUT2D eigenvalue weighted by Gasteiger charge is -2.23. The summed E-state index contributed by atoms with van der Waals surface area (Å²) in [7, 11) is 0. The summed E-state index contributed by atoms with van der Waals surface area (Å²) in [5, 5.41) is 3.20. The zero-order valence-corrected chi connectivity index (χ0v) is 15.4. The van der Waals surface area contributed by atoms with Gasteiger partial charge >= 0.3 is 0 Å². The predicted molar refractivity (Wildman–Crippen MR) is 102 cm³/mol. The van der Waals surface area contributed by atoms with Crippen molar-refractivity contribution in [3.8, 4) is 5.75 Å². The van der Waals surface area contributed by atoms with Crippen molar-refractivity contribution in [1.29, 1.82) is 0 Å². The Balaban J connectivity index is 1.61. The molecular formula is C21H27N3O2. The first-order chi connectivity index (χ1) is 12.8. The molecule has 0 bridgehead atoms. The predicted octanol–water partition coefficient (Wildman–Crippen LogP) is 3.32. The molecule has 0 saturated carbocycles. The molecule has 0 saturated heterocycles. The second-order valence-corrected chi connectivity index (χ2v) is 6.72. The summed E-state index contributed by atoms with van der Waals surface area (Å²) in [6.45, 7) is 4.62. The minimum absolute atomic E-state index is 0.0201. The van der Waals surface area contributed by atoms with Crippen molar-refractivity contribution in [3.05, 3.63) is 59.9 Å². The van der Waals surface area contributed by atoms with Crippen molar-refractivity contribution < 1.29 is 9.53 Å². The van der Waals surface area contributed by atoms with E-state index in [2.05, 4.69) is 28.2 Å². The zero-order chi connectivity index (χ0) is 18.2. The molecule has 1 aliphatic rings. The third-order valence-corrected chi connectivity index (χ3v) is 4.67. The molecule has 0 aliphatic carbocycles. The molecule has 0 spiro atoms. The van der Waals surface area contributed by atoms with Crippen LogP contribution >= 0.6 is 0 Å². The molecule has 3 rings (SSSR count). The minimum atomic E-state index is 0.0201. The molecule has 1 aromatic heterocycles. The van der Waals surface area contributed by atoms with E-state index in [1.54, 1.807) is 6.20 Å². The summed E-state index contributed by atoms with van der Waals surface area (Å²) in [6.07, 6.45) is 6.71. The summed E-state index contributed by atoms with van der Waals surface area (Å²) in [6, 6.07) is 12.0. The van der Waals surface area contributed by atoms with Gasteiger partial charge in [-0.15, -0.1) is 0 Å². The first-order valence-electron chi connectivity index (χ1n) is 9.38. The summed E-state index contributed by atoms with van der Waals surface area (Å²) < 4.78 is 5.78. The molecule has 1 aromatic carbocycles. The second-order valence-electron chi connectivity index (χ2n) is 6.72. The van der Waals surface area contributed by atoms with Crippen molar-refractivity contribution in [2.24, 2.45) is 0 Å². The van der Waals surface area contributed by atoms with Crippen LogP contribution in [0.4, 0.5) is 0 Å². The van der Waals surface area contributed by atoms with Crippen molar-refractivity contribution in [2.45, 2.75) is 38.8 Å². The minimum Gasteiger partial charge on any atom is -0.492 e. The Morgan fingerprint density at radius 3 is 3.00 bits per heavy atom. The molecule has 0 radical (unpaired) electrons. The fourth-order valence-electron chi connectivity index (χ4n) is 3.27. The van der Waals surface area contributed by atoms with E-state index in [0.29, 0.717) is 13.2 Å². The Morgan fingerprint density at radius 2 is 2.19 bits per heavy atom. The Morgan fingerprint density at radius 1 is 1.31 bits per heavy atom. The quantitative estimate of drug-likeness (QED) is 0.830. The summed E-state index contributed by atoms with van der Waals surface area (Å²) in [5.41, 5.74) is 2.20. The van der Waals surface area contributed by atoms with E-state index in [9.17, 15) is 4.79 Å². The van der Waals surface area contributed by atoms with Gasteiger partial charge in [-0.2, -0.15) is 0 Å². The van der Waals surface area contributed by atoms with Crippen molar-refractivity contribution in [3.63, 3.8) is 0 Å². The van der Waals surface area contributed by atoms with Crippen LogP contribution in [0.25, 0.3) is 0 Å². The topological polar surface area (TPSA) is 54.5 Å². The van der Waals surface area contributed by atoms with Crippen molar-refractivity contribution in [1.82, 2.24) is 15.2 Å². The monoisotopic (exact) mass is 353 g/mol. The van der Waals surface area contributed by atoms with Crippen LogP contribution in [0.5, 0.6) is 5.75 Å². The normalized spacial score (nSPS) is 15.4. The van der Waals surface area contributed by atoms with Gasteiger partial charge in [-0.1, -0.05) is 44.0 Å². The fraction of sp³-hybridized carbons (Fsp3) is 0.429. The maximum Gasteiger partial charge on any atom is 0.234 e. The highest BCUT2D eigenvalue weighted by molar-refractivity contribution is 5.78. The van der Waals surface area contributed by atoms with E-state index in [4.69, 9.17) is 4.74 Å². The third-order valence-electron chi connectivity index (χ3n) is 4.67. The smallest absolute Gasteiger partial charge is 0.234 e. The van der Waals surface area contributed by atoms with Gasteiger partial charge in [0.1, 0.15) is 12.4 Å². The van der Waals surface area contributed by atoms with Crippen LogP contribution in [0, 0.1) is 0 Å². The molecule has 1 atom stereocenters. The Kier molecular flexibility index (Phi) is 6.61. The number of benzene rings is 1. The SMILES string of the molecule is CCCC[C@@H](NC(=O)CN1CCOc2ccccc2C1)c1cccnc1. The number of para-hydroxylation sites is 1. The zero-order valence-electron chi connectivity index (χ0n) is 15.4. The maximum absolute atomic E-state index is 12.7. The van der Waals surface area contributed by atoms with Gasteiger partial charge in [0.05, 0.1) is 12.6 Å². The molecular weight excluding hydrogens is 326 g/mol. The molecule has 2 aromatic rings. The number of ether oxygens (including phenoxy) is 1. The molecule has 1 amide bonds. The standard InChI is InChI=1S/C21H27N3O2/c1-2-3-9-19(17-8-6-11-22-14-17)23-21(25)16-24-12-13-26-20-10-5-4-7-18(20)15-24/h4-8,10-11,14,19H,2-3,9,12-13,15-16H2,1H3,(H,23,25)/t19-/m1/s1. The number of unbranched alkanes of at least 4 members (excludes halogenated alkanes) is 1. The van der Waals surface area contributed by atoms with E-state index < -0.39 is 0 Å². The highest BCUT2D eigenvalue weighted by atomic mass is 16.5. The lowest BCUT2D eigenvalue weighted by molar-refractivity contribution is -0.123. The van der Waals surface area contributed by atoms with Crippen LogP contribution < -0.4 is 10.1 Å². The number of amides is 1. The first kappa shape index (κ1) is 18.4. The van der Waals surface area contributed by atoms with E-state index >= 15 is 0 Å². The molecule has 1 N–H and O–H groups in total. The lowest BCUT2D eigenvalue weighted by Crippen LogP contribution is -2.39. The number of nitrogens with zero attached hydrogens (tertiary/aromatic N) is 2. The van der Waals surface area contributed by atoms with Gasteiger partial charge < -0.3 is 10.1 Å².